The monoisotopic (exact) mass is 486 g/mol. The third-order valence-electron chi connectivity index (χ3n) is 5.83. The molecule has 2 aromatic carbocycles. The van der Waals surface area contributed by atoms with Gasteiger partial charge in [0.25, 0.3) is 0 Å². The first-order chi connectivity index (χ1) is 14.7. The topological polar surface area (TPSA) is 42.0 Å². The van der Waals surface area contributed by atoms with Crippen LogP contribution < -0.4 is 4.74 Å². The van der Waals surface area contributed by atoms with Gasteiger partial charge in [-0.2, -0.15) is 0 Å². The summed E-state index contributed by atoms with van der Waals surface area (Å²) < 4.78 is 12.7. The van der Waals surface area contributed by atoms with Crippen LogP contribution in [-0.2, 0) is 17.9 Å². The highest BCUT2D eigenvalue weighted by Gasteiger charge is 2.52. The molecule has 0 bridgehead atoms. The second-order valence-electron chi connectivity index (χ2n) is 9.62. The van der Waals surface area contributed by atoms with E-state index < -0.39 is 5.60 Å². The Bertz CT molecular complexity index is 922. The number of amides is 1. The van der Waals surface area contributed by atoms with Crippen molar-refractivity contribution in [2.75, 3.05) is 19.6 Å². The van der Waals surface area contributed by atoms with Crippen LogP contribution in [0.25, 0.3) is 0 Å². The maximum atomic E-state index is 12.5. The average Bonchev–Trinajstić information content (AvgIpc) is 3.47. The Morgan fingerprint density at radius 1 is 1.06 bits per heavy atom. The van der Waals surface area contributed by atoms with Crippen LogP contribution in [0.15, 0.2) is 53.0 Å². The van der Waals surface area contributed by atoms with Crippen molar-refractivity contribution < 1.29 is 14.3 Å². The summed E-state index contributed by atoms with van der Waals surface area (Å²) in [6, 6.07) is 16.5. The number of carbonyl (C=O) groups is 1. The number of rotatable bonds is 5. The molecule has 1 spiro atoms. The van der Waals surface area contributed by atoms with Crippen molar-refractivity contribution in [2.24, 2.45) is 0 Å². The van der Waals surface area contributed by atoms with E-state index in [1.807, 2.05) is 49.9 Å². The first-order valence-electron chi connectivity index (χ1n) is 10.9. The van der Waals surface area contributed by atoms with Crippen LogP contribution >= 0.6 is 15.9 Å². The van der Waals surface area contributed by atoms with E-state index in [9.17, 15) is 4.79 Å². The molecule has 2 aliphatic rings. The predicted molar refractivity (Wildman–Crippen MR) is 125 cm³/mol. The molecule has 1 aliphatic carbocycles. The molecule has 6 heteroatoms. The summed E-state index contributed by atoms with van der Waals surface area (Å²) in [5, 5.41) is 0. The molecular formula is C25H31BrN2O3. The Morgan fingerprint density at radius 3 is 2.48 bits per heavy atom. The number of piperazine rings is 1. The number of benzene rings is 2. The Kier molecular flexibility index (Phi) is 6.31. The van der Waals surface area contributed by atoms with Crippen molar-refractivity contribution in [3.63, 3.8) is 0 Å². The van der Waals surface area contributed by atoms with Gasteiger partial charge >= 0.3 is 6.09 Å². The molecule has 1 heterocycles. The molecule has 0 aromatic heterocycles. The van der Waals surface area contributed by atoms with Gasteiger partial charge in [-0.05, 0) is 62.9 Å². The van der Waals surface area contributed by atoms with Crippen molar-refractivity contribution in [3.8, 4) is 5.75 Å². The number of carbonyl (C=O) groups excluding carboxylic acids is 1. The van der Waals surface area contributed by atoms with Crippen molar-refractivity contribution in [3.05, 3.63) is 64.1 Å². The van der Waals surface area contributed by atoms with Gasteiger partial charge in [0.1, 0.15) is 18.0 Å². The van der Waals surface area contributed by atoms with E-state index in [0.717, 1.165) is 48.3 Å². The normalized spacial score (nSPS) is 18.1. The molecule has 2 fully saturated rings. The molecule has 1 saturated heterocycles. The van der Waals surface area contributed by atoms with E-state index in [1.54, 1.807) is 0 Å². The standard InChI is InChI=1S/C25H31BrN2O3/c1-24(2,3)31-23(29)27-11-12-28(25(18-27)9-10-25)16-20-13-21(26)15-22(14-20)30-17-19-7-5-4-6-8-19/h4-8,13-15H,9-12,16-18H2,1-3H3. The van der Waals surface area contributed by atoms with Crippen LogP contribution in [0.1, 0.15) is 44.7 Å². The summed E-state index contributed by atoms with van der Waals surface area (Å²) in [6.45, 7) is 9.44. The van der Waals surface area contributed by atoms with Crippen molar-refractivity contribution in [2.45, 2.75) is 57.9 Å². The van der Waals surface area contributed by atoms with Crippen LogP contribution in [0.4, 0.5) is 4.79 Å². The summed E-state index contributed by atoms with van der Waals surface area (Å²) >= 11 is 3.64. The van der Waals surface area contributed by atoms with Gasteiger partial charge in [-0.1, -0.05) is 46.3 Å². The molecule has 1 saturated carbocycles. The molecule has 4 rings (SSSR count). The Morgan fingerprint density at radius 2 is 1.81 bits per heavy atom. The maximum Gasteiger partial charge on any atom is 0.410 e. The minimum absolute atomic E-state index is 0.0858. The van der Waals surface area contributed by atoms with E-state index in [0.29, 0.717) is 13.2 Å². The van der Waals surface area contributed by atoms with Crippen LogP contribution in [0.5, 0.6) is 5.75 Å². The van der Waals surface area contributed by atoms with E-state index in [4.69, 9.17) is 9.47 Å². The molecular weight excluding hydrogens is 456 g/mol. The fraction of sp³-hybridized carbons (Fsp3) is 0.480. The van der Waals surface area contributed by atoms with Gasteiger partial charge in [0.15, 0.2) is 0 Å². The summed E-state index contributed by atoms with van der Waals surface area (Å²) in [6.07, 6.45) is 2.05. The smallest absolute Gasteiger partial charge is 0.410 e. The van der Waals surface area contributed by atoms with Crippen LogP contribution in [0.2, 0.25) is 0 Å². The van der Waals surface area contributed by atoms with E-state index in [2.05, 4.69) is 45.1 Å². The van der Waals surface area contributed by atoms with Gasteiger partial charge in [-0.25, -0.2) is 4.79 Å². The van der Waals surface area contributed by atoms with E-state index in [1.165, 1.54) is 5.56 Å². The maximum absolute atomic E-state index is 12.5. The fourth-order valence-corrected chi connectivity index (χ4v) is 4.64. The van der Waals surface area contributed by atoms with Gasteiger partial charge in [0.2, 0.25) is 0 Å². The molecule has 0 unspecified atom stereocenters. The van der Waals surface area contributed by atoms with Crippen molar-refractivity contribution in [1.82, 2.24) is 9.80 Å². The lowest BCUT2D eigenvalue weighted by atomic mass is 10.1. The Labute approximate surface area is 193 Å². The van der Waals surface area contributed by atoms with Crippen LogP contribution in [0.3, 0.4) is 0 Å². The summed E-state index contributed by atoms with van der Waals surface area (Å²) in [7, 11) is 0. The highest BCUT2D eigenvalue weighted by molar-refractivity contribution is 9.10. The number of halogens is 1. The molecule has 0 atom stereocenters. The third kappa shape index (κ3) is 5.80. The van der Waals surface area contributed by atoms with Gasteiger partial charge < -0.3 is 14.4 Å². The lowest BCUT2D eigenvalue weighted by Gasteiger charge is -2.42. The van der Waals surface area contributed by atoms with Crippen molar-refractivity contribution >= 4 is 22.0 Å². The molecule has 5 nitrogen and oxygen atoms in total. The van der Waals surface area contributed by atoms with Gasteiger partial charge in [0, 0.05) is 36.2 Å². The summed E-state index contributed by atoms with van der Waals surface area (Å²) in [5.41, 5.74) is 1.99. The highest BCUT2D eigenvalue weighted by Crippen LogP contribution is 2.45. The Balaban J connectivity index is 1.39. The van der Waals surface area contributed by atoms with Gasteiger partial charge in [0.05, 0.1) is 0 Å². The second kappa shape index (κ2) is 8.83. The zero-order chi connectivity index (χ0) is 22.1. The van der Waals surface area contributed by atoms with Gasteiger partial charge in [-0.15, -0.1) is 0 Å². The Hall–Kier alpha value is -2.05. The minimum atomic E-state index is -0.461. The lowest BCUT2D eigenvalue weighted by Crippen LogP contribution is -2.56. The number of ether oxygens (including phenoxy) is 2. The zero-order valence-electron chi connectivity index (χ0n) is 18.6. The van der Waals surface area contributed by atoms with Crippen LogP contribution in [-0.4, -0.2) is 46.7 Å². The summed E-state index contributed by atoms with van der Waals surface area (Å²) in [5.74, 6) is 0.866. The molecule has 1 amide bonds. The molecule has 31 heavy (non-hydrogen) atoms. The first kappa shape index (κ1) is 22.2. The lowest BCUT2D eigenvalue weighted by molar-refractivity contribution is -0.00239. The van der Waals surface area contributed by atoms with E-state index >= 15 is 0 Å². The minimum Gasteiger partial charge on any atom is -0.489 e. The average molecular weight is 487 g/mol. The molecule has 0 N–H and O–H groups in total. The fourth-order valence-electron chi connectivity index (χ4n) is 4.12. The SMILES string of the molecule is CC(C)(C)OC(=O)N1CCN(Cc2cc(Br)cc(OCc3ccccc3)c2)C2(CC2)C1. The number of hydrogen-bond acceptors (Lipinski definition) is 4. The van der Waals surface area contributed by atoms with E-state index in [-0.39, 0.29) is 11.6 Å². The quantitative estimate of drug-likeness (QED) is 0.550. The largest absolute Gasteiger partial charge is 0.489 e. The summed E-state index contributed by atoms with van der Waals surface area (Å²) in [4.78, 5) is 16.9. The first-order valence-corrected chi connectivity index (χ1v) is 11.7. The predicted octanol–water partition coefficient (Wildman–Crippen LogP) is 5.61. The molecule has 1 aliphatic heterocycles. The molecule has 0 radical (unpaired) electrons. The zero-order valence-corrected chi connectivity index (χ0v) is 20.2. The molecule has 2 aromatic rings. The third-order valence-corrected chi connectivity index (χ3v) is 6.29. The number of hydrogen-bond donors (Lipinski definition) is 0. The van der Waals surface area contributed by atoms with Crippen molar-refractivity contribution in [1.29, 1.82) is 0 Å². The highest BCUT2D eigenvalue weighted by atomic mass is 79.9. The van der Waals surface area contributed by atoms with Crippen LogP contribution in [0, 0.1) is 0 Å². The molecule has 166 valence electrons. The van der Waals surface area contributed by atoms with Gasteiger partial charge in [-0.3, -0.25) is 4.90 Å². The number of nitrogens with zero attached hydrogens (tertiary/aromatic N) is 2. The second-order valence-corrected chi connectivity index (χ2v) is 10.5.